The van der Waals surface area contributed by atoms with E-state index in [9.17, 15) is 4.39 Å². The second-order valence-electron chi connectivity index (χ2n) is 6.30. The Morgan fingerprint density at radius 3 is 2.67 bits per heavy atom. The highest BCUT2D eigenvalue weighted by Crippen LogP contribution is 2.38. The van der Waals surface area contributed by atoms with E-state index < -0.39 is 0 Å². The zero-order valence-corrected chi connectivity index (χ0v) is 13.4. The second kappa shape index (κ2) is 7.01. The summed E-state index contributed by atoms with van der Waals surface area (Å²) >= 11 is 0. The SMILES string of the molecule is CCCOc1cc(N(CCC(C)C)C2CC2)c(N)cc1F. The molecule has 2 N–H and O–H groups in total. The number of nitrogen functional groups attached to an aromatic ring is 1. The molecule has 3 nitrogen and oxygen atoms in total. The number of anilines is 2. The highest BCUT2D eigenvalue weighted by Gasteiger charge is 2.30. The van der Waals surface area contributed by atoms with Crippen LogP contribution in [0.25, 0.3) is 0 Å². The van der Waals surface area contributed by atoms with Gasteiger partial charge in [0.2, 0.25) is 0 Å². The molecule has 0 aliphatic heterocycles. The van der Waals surface area contributed by atoms with Crippen LogP contribution in [0.3, 0.4) is 0 Å². The molecule has 0 bridgehead atoms. The molecule has 0 unspecified atom stereocenters. The highest BCUT2D eigenvalue weighted by atomic mass is 19.1. The highest BCUT2D eigenvalue weighted by molar-refractivity contribution is 5.71. The van der Waals surface area contributed by atoms with Gasteiger partial charge >= 0.3 is 0 Å². The van der Waals surface area contributed by atoms with Gasteiger partial charge in [-0.2, -0.15) is 0 Å². The Morgan fingerprint density at radius 2 is 2.10 bits per heavy atom. The second-order valence-corrected chi connectivity index (χ2v) is 6.30. The molecule has 0 radical (unpaired) electrons. The van der Waals surface area contributed by atoms with Crippen LogP contribution >= 0.6 is 0 Å². The minimum Gasteiger partial charge on any atom is -0.490 e. The maximum Gasteiger partial charge on any atom is 0.167 e. The quantitative estimate of drug-likeness (QED) is 0.730. The molecule has 0 amide bonds. The standard InChI is InChI=1S/C17H27FN2O/c1-4-9-21-17-11-16(15(19)10-14(17)18)20(13-5-6-13)8-7-12(2)3/h10-13H,4-9,19H2,1-3H3. The average Bonchev–Trinajstić information content (AvgIpc) is 3.24. The van der Waals surface area contributed by atoms with Crippen LogP contribution in [0.5, 0.6) is 5.75 Å². The minimum absolute atomic E-state index is 0.316. The molecular weight excluding hydrogens is 267 g/mol. The van der Waals surface area contributed by atoms with Gasteiger partial charge in [-0.1, -0.05) is 20.8 Å². The number of nitrogens with zero attached hydrogens (tertiary/aromatic N) is 1. The molecule has 2 rings (SSSR count). The van der Waals surface area contributed by atoms with Crippen LogP contribution in [-0.2, 0) is 0 Å². The van der Waals surface area contributed by atoms with E-state index in [1.165, 1.54) is 18.9 Å². The van der Waals surface area contributed by atoms with Crippen molar-refractivity contribution in [3.63, 3.8) is 0 Å². The summed E-state index contributed by atoms with van der Waals surface area (Å²) < 4.78 is 19.4. The summed E-state index contributed by atoms with van der Waals surface area (Å²) in [6.45, 7) is 7.93. The number of hydrogen-bond donors (Lipinski definition) is 1. The number of rotatable bonds is 8. The number of nitrogens with two attached hydrogens (primary N) is 1. The Hall–Kier alpha value is -1.45. The molecular formula is C17H27FN2O. The number of hydrogen-bond acceptors (Lipinski definition) is 3. The molecule has 4 heteroatoms. The maximum atomic E-state index is 13.9. The summed E-state index contributed by atoms with van der Waals surface area (Å²) in [5, 5.41) is 0. The number of benzene rings is 1. The minimum atomic E-state index is -0.371. The summed E-state index contributed by atoms with van der Waals surface area (Å²) in [6.07, 6.45) is 4.36. The third-order valence-electron chi connectivity index (χ3n) is 3.79. The predicted molar refractivity (Wildman–Crippen MR) is 86.4 cm³/mol. The summed E-state index contributed by atoms with van der Waals surface area (Å²) in [5.74, 6) is 0.587. The monoisotopic (exact) mass is 294 g/mol. The molecule has 21 heavy (non-hydrogen) atoms. The van der Waals surface area contributed by atoms with Gasteiger partial charge in [0.15, 0.2) is 11.6 Å². The smallest absolute Gasteiger partial charge is 0.167 e. The lowest BCUT2D eigenvalue weighted by Crippen LogP contribution is -2.28. The van der Waals surface area contributed by atoms with E-state index in [0.717, 1.165) is 25.1 Å². The molecule has 0 saturated heterocycles. The molecule has 1 fully saturated rings. The summed E-state index contributed by atoms with van der Waals surface area (Å²) in [7, 11) is 0. The van der Waals surface area contributed by atoms with E-state index in [4.69, 9.17) is 10.5 Å². The third-order valence-corrected chi connectivity index (χ3v) is 3.79. The van der Waals surface area contributed by atoms with Crippen LogP contribution in [0.2, 0.25) is 0 Å². The normalized spacial score (nSPS) is 14.5. The molecule has 1 aliphatic rings. The lowest BCUT2D eigenvalue weighted by molar-refractivity contribution is 0.301. The Morgan fingerprint density at radius 1 is 1.38 bits per heavy atom. The van der Waals surface area contributed by atoms with Gasteiger partial charge in [0.05, 0.1) is 18.0 Å². The van der Waals surface area contributed by atoms with Gasteiger partial charge < -0.3 is 15.4 Å². The number of halogens is 1. The van der Waals surface area contributed by atoms with Gasteiger partial charge in [0.1, 0.15) is 0 Å². The molecule has 0 spiro atoms. The molecule has 0 atom stereocenters. The third kappa shape index (κ3) is 4.26. The van der Waals surface area contributed by atoms with Crippen LogP contribution < -0.4 is 15.4 Å². The van der Waals surface area contributed by atoms with E-state index in [2.05, 4.69) is 18.7 Å². The van der Waals surface area contributed by atoms with Gasteiger partial charge in [-0.15, -0.1) is 0 Å². The van der Waals surface area contributed by atoms with Crippen LogP contribution in [0, 0.1) is 11.7 Å². The molecule has 0 aromatic heterocycles. The molecule has 1 saturated carbocycles. The van der Waals surface area contributed by atoms with E-state index in [0.29, 0.717) is 30.0 Å². The lowest BCUT2D eigenvalue weighted by Gasteiger charge is -2.27. The van der Waals surface area contributed by atoms with Crippen LogP contribution in [0.4, 0.5) is 15.8 Å². The fourth-order valence-electron chi connectivity index (χ4n) is 2.41. The Bertz CT molecular complexity index is 472. The van der Waals surface area contributed by atoms with Crippen molar-refractivity contribution in [3.8, 4) is 5.75 Å². The Balaban J connectivity index is 2.21. The van der Waals surface area contributed by atoms with Crippen molar-refractivity contribution in [1.29, 1.82) is 0 Å². The molecule has 1 aromatic rings. The van der Waals surface area contributed by atoms with Crippen LogP contribution in [0.1, 0.15) is 46.5 Å². The van der Waals surface area contributed by atoms with Crippen LogP contribution in [0.15, 0.2) is 12.1 Å². The Labute approximate surface area is 127 Å². The first kappa shape index (κ1) is 15.9. The maximum absolute atomic E-state index is 13.9. The van der Waals surface area contributed by atoms with E-state index >= 15 is 0 Å². The van der Waals surface area contributed by atoms with Crippen molar-refractivity contribution >= 4 is 11.4 Å². The molecule has 1 aliphatic carbocycles. The van der Waals surface area contributed by atoms with Crippen molar-refractivity contribution in [1.82, 2.24) is 0 Å². The van der Waals surface area contributed by atoms with E-state index in [-0.39, 0.29) is 5.82 Å². The van der Waals surface area contributed by atoms with E-state index in [1.54, 1.807) is 6.07 Å². The zero-order valence-electron chi connectivity index (χ0n) is 13.4. The molecule has 0 heterocycles. The fourth-order valence-corrected chi connectivity index (χ4v) is 2.41. The van der Waals surface area contributed by atoms with Gasteiger partial charge in [-0.25, -0.2) is 4.39 Å². The van der Waals surface area contributed by atoms with Gasteiger partial charge in [-0.3, -0.25) is 0 Å². The first-order valence-electron chi connectivity index (χ1n) is 8.01. The average molecular weight is 294 g/mol. The zero-order chi connectivity index (χ0) is 15.4. The predicted octanol–water partition coefficient (Wildman–Crippen LogP) is 4.21. The van der Waals surface area contributed by atoms with Gasteiger partial charge in [-0.05, 0) is 31.6 Å². The molecule has 1 aromatic carbocycles. The number of ether oxygens (including phenoxy) is 1. The van der Waals surface area contributed by atoms with Gasteiger partial charge in [0.25, 0.3) is 0 Å². The Kier molecular flexibility index (Phi) is 5.32. The van der Waals surface area contributed by atoms with Gasteiger partial charge in [0, 0.05) is 24.7 Å². The van der Waals surface area contributed by atoms with Crippen LogP contribution in [-0.4, -0.2) is 19.2 Å². The topological polar surface area (TPSA) is 38.5 Å². The summed E-state index contributed by atoms with van der Waals surface area (Å²) in [5.41, 5.74) is 7.48. The first-order valence-corrected chi connectivity index (χ1v) is 8.01. The van der Waals surface area contributed by atoms with Crippen molar-refractivity contribution < 1.29 is 9.13 Å². The first-order chi connectivity index (χ1) is 10.0. The summed E-state index contributed by atoms with van der Waals surface area (Å²) in [6, 6.07) is 3.72. The van der Waals surface area contributed by atoms with Crippen molar-refractivity contribution in [2.45, 2.75) is 52.5 Å². The van der Waals surface area contributed by atoms with Crippen molar-refractivity contribution in [2.24, 2.45) is 5.92 Å². The fraction of sp³-hybridized carbons (Fsp3) is 0.647. The molecule has 118 valence electrons. The van der Waals surface area contributed by atoms with Crippen molar-refractivity contribution in [2.75, 3.05) is 23.8 Å². The lowest BCUT2D eigenvalue weighted by atomic mass is 10.1. The van der Waals surface area contributed by atoms with E-state index in [1.807, 2.05) is 6.92 Å². The largest absolute Gasteiger partial charge is 0.490 e. The summed E-state index contributed by atoms with van der Waals surface area (Å²) in [4.78, 5) is 2.33. The van der Waals surface area contributed by atoms with Crippen molar-refractivity contribution in [3.05, 3.63) is 17.9 Å².